The monoisotopic (exact) mass is 387 g/mol. The van der Waals surface area contributed by atoms with Crippen molar-refractivity contribution in [2.75, 3.05) is 0 Å². The maximum atomic E-state index is 3.81. The van der Waals surface area contributed by atoms with Crippen LogP contribution in [0, 0.1) is 5.92 Å². The molecule has 1 aromatic carbocycles. The molecule has 1 fully saturated rings. The molecule has 1 saturated carbocycles. The maximum absolute atomic E-state index is 3.81. The average Bonchev–Trinajstić information content (AvgIpc) is 2.54. The van der Waals surface area contributed by atoms with Crippen molar-refractivity contribution in [1.29, 1.82) is 0 Å². The molecule has 0 saturated heterocycles. The van der Waals surface area contributed by atoms with E-state index in [1.807, 2.05) is 0 Å². The van der Waals surface area contributed by atoms with Gasteiger partial charge in [0.15, 0.2) is 0 Å². The van der Waals surface area contributed by atoms with Crippen LogP contribution in [-0.2, 0) is 0 Å². The fourth-order valence-corrected chi connectivity index (χ4v) is 4.34. The van der Waals surface area contributed by atoms with Crippen LogP contribution in [0.3, 0.4) is 0 Å². The largest absolute Gasteiger partial charge is 0.307 e. The Morgan fingerprint density at radius 2 is 1.95 bits per heavy atom. The summed E-state index contributed by atoms with van der Waals surface area (Å²) in [6.07, 6.45) is 6.77. The average molecular weight is 389 g/mol. The first-order chi connectivity index (χ1) is 9.06. The SMILES string of the molecule is CC1CCCC(NC(C)c2ccc(Br)cc2Br)CC1. The molecule has 1 aliphatic carbocycles. The third kappa shape index (κ3) is 4.57. The van der Waals surface area contributed by atoms with Crippen LogP contribution in [0.1, 0.15) is 57.6 Å². The lowest BCUT2D eigenvalue weighted by molar-refractivity contribution is 0.407. The van der Waals surface area contributed by atoms with Gasteiger partial charge < -0.3 is 5.32 Å². The summed E-state index contributed by atoms with van der Waals surface area (Å²) in [5, 5.41) is 3.81. The maximum Gasteiger partial charge on any atom is 0.0305 e. The third-order valence-corrected chi connectivity index (χ3v) is 5.35. The minimum absolute atomic E-state index is 0.404. The molecule has 1 aromatic rings. The van der Waals surface area contributed by atoms with E-state index in [0.717, 1.165) is 10.4 Å². The summed E-state index contributed by atoms with van der Waals surface area (Å²) in [4.78, 5) is 0. The predicted molar refractivity (Wildman–Crippen MR) is 89.4 cm³/mol. The molecule has 0 amide bonds. The molecule has 3 heteroatoms. The van der Waals surface area contributed by atoms with Gasteiger partial charge in [-0.15, -0.1) is 0 Å². The smallest absolute Gasteiger partial charge is 0.0305 e. The number of hydrogen-bond acceptors (Lipinski definition) is 1. The van der Waals surface area contributed by atoms with Crippen molar-refractivity contribution < 1.29 is 0 Å². The van der Waals surface area contributed by atoms with Crippen LogP contribution in [-0.4, -0.2) is 6.04 Å². The second-order valence-electron chi connectivity index (χ2n) is 5.86. The minimum Gasteiger partial charge on any atom is -0.307 e. The van der Waals surface area contributed by atoms with Gasteiger partial charge in [0.2, 0.25) is 0 Å². The fourth-order valence-electron chi connectivity index (χ4n) is 2.95. The molecular weight excluding hydrogens is 366 g/mol. The van der Waals surface area contributed by atoms with E-state index in [-0.39, 0.29) is 0 Å². The van der Waals surface area contributed by atoms with Gasteiger partial charge in [0.05, 0.1) is 0 Å². The van der Waals surface area contributed by atoms with E-state index in [0.29, 0.717) is 12.1 Å². The van der Waals surface area contributed by atoms with E-state index in [1.54, 1.807) is 0 Å². The lowest BCUT2D eigenvalue weighted by Crippen LogP contribution is -2.31. The van der Waals surface area contributed by atoms with Crippen LogP contribution < -0.4 is 5.32 Å². The summed E-state index contributed by atoms with van der Waals surface area (Å²) in [5.74, 6) is 0.904. The van der Waals surface area contributed by atoms with Gasteiger partial charge in [0.1, 0.15) is 0 Å². The molecule has 0 aliphatic heterocycles. The van der Waals surface area contributed by atoms with Crippen molar-refractivity contribution >= 4 is 31.9 Å². The topological polar surface area (TPSA) is 12.0 Å². The summed E-state index contributed by atoms with van der Waals surface area (Å²) < 4.78 is 2.31. The molecule has 0 heterocycles. The Morgan fingerprint density at radius 1 is 1.16 bits per heavy atom. The molecule has 0 bridgehead atoms. The Hall–Kier alpha value is 0.140. The zero-order valence-electron chi connectivity index (χ0n) is 11.8. The van der Waals surface area contributed by atoms with Gasteiger partial charge in [-0.25, -0.2) is 0 Å². The first kappa shape index (κ1) is 15.5. The van der Waals surface area contributed by atoms with E-state index in [9.17, 15) is 0 Å². The van der Waals surface area contributed by atoms with Crippen molar-refractivity contribution in [1.82, 2.24) is 5.32 Å². The second kappa shape index (κ2) is 7.24. The van der Waals surface area contributed by atoms with E-state index < -0.39 is 0 Å². The van der Waals surface area contributed by atoms with E-state index >= 15 is 0 Å². The normalized spacial score (nSPS) is 25.9. The van der Waals surface area contributed by atoms with Crippen molar-refractivity contribution in [3.63, 3.8) is 0 Å². The van der Waals surface area contributed by atoms with Crippen LogP contribution in [0.15, 0.2) is 27.1 Å². The van der Waals surface area contributed by atoms with Crippen molar-refractivity contribution in [2.24, 2.45) is 5.92 Å². The molecular formula is C16H23Br2N. The summed E-state index contributed by atoms with van der Waals surface area (Å²) in [6, 6.07) is 7.53. The molecule has 106 valence electrons. The van der Waals surface area contributed by atoms with E-state index in [2.05, 4.69) is 69.2 Å². The summed E-state index contributed by atoms with van der Waals surface area (Å²) in [5.41, 5.74) is 1.35. The van der Waals surface area contributed by atoms with Crippen molar-refractivity contribution in [3.8, 4) is 0 Å². The highest BCUT2D eigenvalue weighted by atomic mass is 79.9. The summed E-state index contributed by atoms with van der Waals surface area (Å²) >= 11 is 7.18. The third-order valence-electron chi connectivity index (χ3n) is 4.17. The Morgan fingerprint density at radius 3 is 2.68 bits per heavy atom. The van der Waals surface area contributed by atoms with Gasteiger partial charge in [-0.2, -0.15) is 0 Å². The zero-order valence-corrected chi connectivity index (χ0v) is 14.9. The second-order valence-corrected chi connectivity index (χ2v) is 7.63. The molecule has 1 aliphatic rings. The van der Waals surface area contributed by atoms with Crippen LogP contribution in [0.4, 0.5) is 0 Å². The highest BCUT2D eigenvalue weighted by molar-refractivity contribution is 9.11. The lowest BCUT2D eigenvalue weighted by atomic mass is 10.0. The number of benzene rings is 1. The number of rotatable bonds is 3. The van der Waals surface area contributed by atoms with Gasteiger partial charge in [-0.1, -0.05) is 57.7 Å². The number of halogens is 2. The molecule has 1 N–H and O–H groups in total. The fraction of sp³-hybridized carbons (Fsp3) is 0.625. The van der Waals surface area contributed by atoms with Gasteiger partial charge in [0.25, 0.3) is 0 Å². The Bertz CT molecular complexity index is 419. The molecule has 1 nitrogen and oxygen atoms in total. The van der Waals surface area contributed by atoms with Gasteiger partial charge in [-0.3, -0.25) is 0 Å². The minimum atomic E-state index is 0.404. The van der Waals surface area contributed by atoms with Gasteiger partial charge in [0, 0.05) is 21.0 Å². The zero-order chi connectivity index (χ0) is 13.8. The molecule has 0 spiro atoms. The highest BCUT2D eigenvalue weighted by Crippen LogP contribution is 2.29. The Balaban J connectivity index is 1.98. The molecule has 19 heavy (non-hydrogen) atoms. The lowest BCUT2D eigenvalue weighted by Gasteiger charge is -2.23. The summed E-state index contributed by atoms with van der Waals surface area (Å²) in [6.45, 7) is 4.65. The molecule has 3 unspecified atom stereocenters. The first-order valence-electron chi connectivity index (χ1n) is 7.27. The van der Waals surface area contributed by atoms with E-state index in [1.165, 1.54) is 42.1 Å². The molecule has 2 rings (SSSR count). The molecule has 3 atom stereocenters. The number of nitrogens with one attached hydrogen (secondary N) is 1. The van der Waals surface area contributed by atoms with Crippen LogP contribution in [0.25, 0.3) is 0 Å². The van der Waals surface area contributed by atoms with Gasteiger partial charge in [-0.05, 0) is 49.8 Å². The Kier molecular flexibility index (Phi) is 5.91. The number of hydrogen-bond donors (Lipinski definition) is 1. The van der Waals surface area contributed by atoms with Crippen molar-refractivity contribution in [2.45, 2.75) is 58.0 Å². The standard InChI is InChI=1S/C16H23Br2N/c1-11-4-3-5-14(8-6-11)19-12(2)15-9-7-13(17)10-16(15)18/h7,9-12,14,19H,3-6,8H2,1-2H3. The first-order valence-corrected chi connectivity index (χ1v) is 8.86. The quantitative estimate of drug-likeness (QED) is 0.642. The van der Waals surface area contributed by atoms with Gasteiger partial charge >= 0.3 is 0 Å². The highest BCUT2D eigenvalue weighted by Gasteiger charge is 2.19. The van der Waals surface area contributed by atoms with E-state index in [4.69, 9.17) is 0 Å². The molecule has 0 aromatic heterocycles. The Labute approximate surface area is 133 Å². The predicted octanol–water partition coefficient (Wildman–Crippen LogP) is 5.83. The van der Waals surface area contributed by atoms with Crippen LogP contribution in [0.2, 0.25) is 0 Å². The van der Waals surface area contributed by atoms with Crippen LogP contribution >= 0.6 is 31.9 Å². The van der Waals surface area contributed by atoms with Crippen LogP contribution in [0.5, 0.6) is 0 Å². The molecule has 0 radical (unpaired) electrons. The summed E-state index contributed by atoms with van der Waals surface area (Å²) in [7, 11) is 0. The van der Waals surface area contributed by atoms with Crippen molar-refractivity contribution in [3.05, 3.63) is 32.7 Å².